The van der Waals surface area contributed by atoms with Crippen LogP contribution in [-0.2, 0) is 4.79 Å². The maximum absolute atomic E-state index is 11.7. The highest BCUT2D eigenvalue weighted by Gasteiger charge is 2.24. The number of carbonyl (C=O) groups excluding carboxylic acids is 1. The van der Waals surface area contributed by atoms with Crippen LogP contribution in [0.1, 0.15) is 12.8 Å². The van der Waals surface area contributed by atoms with Crippen molar-refractivity contribution in [1.82, 2.24) is 15.1 Å². The van der Waals surface area contributed by atoms with Crippen LogP contribution >= 0.6 is 0 Å². The molecule has 2 fully saturated rings. The fraction of sp³-hybridized carbons (Fsp3) is 0.909. The van der Waals surface area contributed by atoms with Crippen LogP contribution in [0, 0.1) is 5.92 Å². The van der Waals surface area contributed by atoms with E-state index in [4.69, 9.17) is 0 Å². The topological polar surface area (TPSA) is 35.6 Å². The highest BCUT2D eigenvalue weighted by atomic mass is 16.2. The Hall–Kier alpha value is -0.610. The van der Waals surface area contributed by atoms with Gasteiger partial charge in [0, 0.05) is 19.6 Å². The molecule has 0 aromatic rings. The number of hydrogen-bond donors (Lipinski definition) is 1. The van der Waals surface area contributed by atoms with Crippen molar-refractivity contribution in [3.63, 3.8) is 0 Å². The Morgan fingerprint density at radius 1 is 1.47 bits per heavy atom. The van der Waals surface area contributed by atoms with Crippen molar-refractivity contribution in [2.24, 2.45) is 5.92 Å². The summed E-state index contributed by atoms with van der Waals surface area (Å²) in [5.41, 5.74) is 0. The van der Waals surface area contributed by atoms with Gasteiger partial charge in [-0.25, -0.2) is 0 Å². The molecule has 1 atom stereocenters. The molecule has 4 heteroatoms. The Balaban J connectivity index is 1.83. The summed E-state index contributed by atoms with van der Waals surface area (Å²) < 4.78 is 0. The van der Waals surface area contributed by atoms with Gasteiger partial charge in [0.2, 0.25) is 5.91 Å². The monoisotopic (exact) mass is 211 g/mol. The normalized spacial score (nSPS) is 29.5. The van der Waals surface area contributed by atoms with Crippen molar-refractivity contribution in [3.8, 4) is 0 Å². The molecule has 0 aromatic carbocycles. The van der Waals surface area contributed by atoms with Crippen LogP contribution in [0.5, 0.6) is 0 Å². The molecule has 1 N–H and O–H groups in total. The van der Waals surface area contributed by atoms with Gasteiger partial charge in [0.1, 0.15) is 0 Å². The highest BCUT2D eigenvalue weighted by molar-refractivity contribution is 5.78. The van der Waals surface area contributed by atoms with Crippen molar-refractivity contribution in [2.75, 3.05) is 46.3 Å². The minimum Gasteiger partial charge on any atom is -0.341 e. The lowest BCUT2D eigenvalue weighted by Crippen LogP contribution is -2.38. The molecule has 2 aliphatic rings. The first kappa shape index (κ1) is 10.9. The molecule has 1 amide bonds. The highest BCUT2D eigenvalue weighted by Crippen LogP contribution is 2.16. The van der Waals surface area contributed by atoms with E-state index in [2.05, 4.69) is 17.3 Å². The van der Waals surface area contributed by atoms with Crippen molar-refractivity contribution in [1.29, 1.82) is 0 Å². The smallest absolute Gasteiger partial charge is 0.236 e. The Bertz CT molecular complexity index is 232. The molecular weight excluding hydrogens is 190 g/mol. The lowest BCUT2D eigenvalue weighted by atomic mass is 10.1. The van der Waals surface area contributed by atoms with E-state index in [1.807, 2.05) is 4.90 Å². The summed E-state index contributed by atoms with van der Waals surface area (Å²) in [4.78, 5) is 16.1. The van der Waals surface area contributed by atoms with E-state index in [9.17, 15) is 4.79 Å². The van der Waals surface area contributed by atoms with Crippen LogP contribution in [0.15, 0.2) is 0 Å². The lowest BCUT2D eigenvalue weighted by molar-refractivity contribution is -0.130. The van der Waals surface area contributed by atoms with Gasteiger partial charge in [-0.15, -0.1) is 0 Å². The first-order valence-corrected chi connectivity index (χ1v) is 5.93. The number of likely N-dealkylation sites (tertiary alicyclic amines) is 1. The van der Waals surface area contributed by atoms with Gasteiger partial charge in [0.25, 0.3) is 0 Å². The van der Waals surface area contributed by atoms with Gasteiger partial charge in [-0.1, -0.05) is 0 Å². The first-order valence-electron chi connectivity index (χ1n) is 5.93. The fourth-order valence-electron chi connectivity index (χ4n) is 2.51. The SMILES string of the molecule is CN1CCC(CN2CCCNCC2=O)C1. The molecule has 0 spiro atoms. The zero-order chi connectivity index (χ0) is 10.7. The second-order valence-electron chi connectivity index (χ2n) is 4.79. The lowest BCUT2D eigenvalue weighted by Gasteiger charge is -2.23. The predicted molar refractivity (Wildman–Crippen MR) is 59.7 cm³/mol. The van der Waals surface area contributed by atoms with Crippen molar-refractivity contribution in [2.45, 2.75) is 12.8 Å². The van der Waals surface area contributed by atoms with Gasteiger partial charge in [0.15, 0.2) is 0 Å². The van der Waals surface area contributed by atoms with Crippen LogP contribution in [-0.4, -0.2) is 62.0 Å². The van der Waals surface area contributed by atoms with Gasteiger partial charge in [-0.3, -0.25) is 4.79 Å². The Kier molecular flexibility index (Phi) is 3.59. The third-order valence-corrected chi connectivity index (χ3v) is 3.38. The van der Waals surface area contributed by atoms with E-state index < -0.39 is 0 Å². The summed E-state index contributed by atoms with van der Waals surface area (Å²) in [5, 5.41) is 3.16. The molecule has 2 heterocycles. The minimum absolute atomic E-state index is 0.280. The van der Waals surface area contributed by atoms with E-state index in [-0.39, 0.29) is 5.91 Å². The summed E-state index contributed by atoms with van der Waals surface area (Å²) in [7, 11) is 2.16. The molecule has 2 aliphatic heterocycles. The molecule has 2 rings (SSSR count). The van der Waals surface area contributed by atoms with Crippen LogP contribution < -0.4 is 5.32 Å². The third kappa shape index (κ3) is 2.92. The van der Waals surface area contributed by atoms with Gasteiger partial charge < -0.3 is 15.1 Å². The average Bonchev–Trinajstić information content (AvgIpc) is 2.50. The van der Waals surface area contributed by atoms with E-state index in [1.165, 1.54) is 13.0 Å². The zero-order valence-corrected chi connectivity index (χ0v) is 9.54. The molecule has 0 radical (unpaired) electrons. The summed E-state index contributed by atoms with van der Waals surface area (Å²) in [6.07, 6.45) is 2.34. The molecule has 0 aromatic heterocycles. The molecule has 0 aliphatic carbocycles. The van der Waals surface area contributed by atoms with Crippen LogP contribution in [0.3, 0.4) is 0 Å². The molecule has 4 nitrogen and oxygen atoms in total. The van der Waals surface area contributed by atoms with Crippen molar-refractivity contribution in [3.05, 3.63) is 0 Å². The van der Waals surface area contributed by atoms with Crippen molar-refractivity contribution < 1.29 is 4.79 Å². The summed E-state index contributed by atoms with van der Waals surface area (Å²) in [5.74, 6) is 0.971. The van der Waals surface area contributed by atoms with E-state index >= 15 is 0 Å². The molecule has 1 unspecified atom stereocenters. The number of rotatable bonds is 2. The molecule has 15 heavy (non-hydrogen) atoms. The van der Waals surface area contributed by atoms with Gasteiger partial charge in [-0.05, 0) is 38.9 Å². The number of nitrogens with one attached hydrogen (secondary N) is 1. The Morgan fingerprint density at radius 2 is 2.33 bits per heavy atom. The van der Waals surface area contributed by atoms with E-state index in [0.29, 0.717) is 12.5 Å². The van der Waals surface area contributed by atoms with E-state index in [0.717, 1.165) is 32.6 Å². The second kappa shape index (κ2) is 4.94. The third-order valence-electron chi connectivity index (χ3n) is 3.38. The summed E-state index contributed by atoms with van der Waals surface area (Å²) in [6.45, 7) is 5.74. The molecular formula is C11H21N3O. The largest absolute Gasteiger partial charge is 0.341 e. The second-order valence-corrected chi connectivity index (χ2v) is 4.79. The number of carbonyl (C=O) groups is 1. The molecule has 2 saturated heterocycles. The summed E-state index contributed by atoms with van der Waals surface area (Å²) >= 11 is 0. The Labute approximate surface area is 91.6 Å². The molecule has 0 saturated carbocycles. The zero-order valence-electron chi connectivity index (χ0n) is 9.54. The quantitative estimate of drug-likeness (QED) is 0.685. The van der Waals surface area contributed by atoms with Crippen LogP contribution in [0.2, 0.25) is 0 Å². The van der Waals surface area contributed by atoms with E-state index in [1.54, 1.807) is 0 Å². The van der Waals surface area contributed by atoms with Gasteiger partial charge in [-0.2, -0.15) is 0 Å². The first-order chi connectivity index (χ1) is 7.25. The minimum atomic E-state index is 0.280. The Morgan fingerprint density at radius 3 is 3.07 bits per heavy atom. The number of hydrogen-bond acceptors (Lipinski definition) is 3. The molecule has 86 valence electrons. The summed E-state index contributed by atoms with van der Waals surface area (Å²) in [6, 6.07) is 0. The van der Waals surface area contributed by atoms with Gasteiger partial charge in [0.05, 0.1) is 6.54 Å². The van der Waals surface area contributed by atoms with Gasteiger partial charge >= 0.3 is 0 Å². The standard InChI is InChI=1S/C11H21N3O/c1-13-6-3-10(8-13)9-14-5-2-4-12-7-11(14)15/h10,12H,2-9H2,1H3. The maximum atomic E-state index is 11.7. The average molecular weight is 211 g/mol. The fourth-order valence-corrected chi connectivity index (χ4v) is 2.51. The number of amides is 1. The number of nitrogens with zero attached hydrogens (tertiary/aromatic N) is 2. The van der Waals surface area contributed by atoms with Crippen molar-refractivity contribution >= 4 is 5.91 Å². The van der Waals surface area contributed by atoms with Crippen LogP contribution in [0.25, 0.3) is 0 Å². The molecule has 0 bridgehead atoms. The van der Waals surface area contributed by atoms with Crippen LogP contribution in [0.4, 0.5) is 0 Å². The maximum Gasteiger partial charge on any atom is 0.236 e. The predicted octanol–water partition coefficient (Wildman–Crippen LogP) is -0.240.